The number of carbonyl (C=O) groups excluding carboxylic acids is 1. The minimum atomic E-state index is -0.180. The van der Waals surface area contributed by atoms with E-state index in [2.05, 4.69) is 25.2 Å². The van der Waals surface area contributed by atoms with Crippen molar-refractivity contribution in [2.75, 3.05) is 31.3 Å². The highest BCUT2D eigenvalue weighted by Gasteiger charge is 2.31. The van der Waals surface area contributed by atoms with Crippen molar-refractivity contribution in [2.45, 2.75) is 24.8 Å². The maximum Gasteiger partial charge on any atom is 0.280 e. The molecule has 1 fully saturated rings. The zero-order valence-electron chi connectivity index (χ0n) is 15.7. The molecule has 2 aliphatic heterocycles. The van der Waals surface area contributed by atoms with Crippen LogP contribution in [0.5, 0.6) is 0 Å². The summed E-state index contributed by atoms with van der Waals surface area (Å²) in [7, 11) is 0. The predicted molar refractivity (Wildman–Crippen MR) is 110 cm³/mol. The number of hydrogen-bond donors (Lipinski definition) is 2. The van der Waals surface area contributed by atoms with Gasteiger partial charge in [0.1, 0.15) is 16.7 Å². The van der Waals surface area contributed by atoms with Crippen LogP contribution in [0.3, 0.4) is 0 Å². The van der Waals surface area contributed by atoms with Gasteiger partial charge in [0.25, 0.3) is 5.91 Å². The molecule has 0 aliphatic carbocycles. The summed E-state index contributed by atoms with van der Waals surface area (Å²) >= 11 is 1.27. The first-order valence-corrected chi connectivity index (χ1v) is 10.5. The summed E-state index contributed by atoms with van der Waals surface area (Å²) in [4.78, 5) is 28.8. The second kappa shape index (κ2) is 7.66. The molecule has 0 bridgehead atoms. The summed E-state index contributed by atoms with van der Waals surface area (Å²) < 4.78 is 5.35. The van der Waals surface area contributed by atoms with Crippen molar-refractivity contribution in [3.05, 3.63) is 41.2 Å². The summed E-state index contributed by atoms with van der Waals surface area (Å²) in [5.41, 5.74) is 2.71. The van der Waals surface area contributed by atoms with E-state index >= 15 is 0 Å². The van der Waals surface area contributed by atoms with Crippen molar-refractivity contribution >= 4 is 39.1 Å². The lowest BCUT2D eigenvalue weighted by Gasteiger charge is -2.22. The third kappa shape index (κ3) is 3.35. The van der Waals surface area contributed by atoms with E-state index < -0.39 is 0 Å². The fourth-order valence-corrected chi connectivity index (χ4v) is 4.78. The van der Waals surface area contributed by atoms with Gasteiger partial charge >= 0.3 is 0 Å². The molecule has 3 aromatic rings. The average molecular weight is 411 g/mol. The number of benzene rings is 1. The fraction of sp³-hybridized carbons (Fsp3) is 0.400. The zero-order valence-corrected chi connectivity index (χ0v) is 16.6. The highest BCUT2D eigenvalue weighted by molar-refractivity contribution is 7.20. The van der Waals surface area contributed by atoms with Crippen LogP contribution in [0.15, 0.2) is 30.6 Å². The van der Waals surface area contributed by atoms with E-state index in [-0.39, 0.29) is 24.5 Å². The number of rotatable bonds is 4. The van der Waals surface area contributed by atoms with Crippen molar-refractivity contribution in [1.29, 1.82) is 0 Å². The van der Waals surface area contributed by atoms with Crippen molar-refractivity contribution < 1.29 is 14.6 Å². The first-order valence-electron chi connectivity index (χ1n) is 9.72. The van der Waals surface area contributed by atoms with Gasteiger partial charge in [0.15, 0.2) is 10.8 Å². The van der Waals surface area contributed by atoms with Crippen molar-refractivity contribution in [2.24, 2.45) is 0 Å². The standard InChI is InChI=1S/C20H21N5O3S/c26-10-12-9-25(15-4-2-1-3-14(12)15)17-16-19(22-11-21-17)29-20(24-16)18(27)23-13-5-7-28-8-6-13/h1-4,11-13,26H,5-10H2,(H,23,27). The zero-order chi connectivity index (χ0) is 19.8. The van der Waals surface area contributed by atoms with Crippen LogP contribution in [0.25, 0.3) is 10.3 Å². The molecule has 4 heterocycles. The summed E-state index contributed by atoms with van der Waals surface area (Å²) in [6.07, 6.45) is 3.13. The van der Waals surface area contributed by atoms with Crippen LogP contribution in [0, 0.1) is 0 Å². The second-order valence-electron chi connectivity index (χ2n) is 7.28. The fourth-order valence-electron chi connectivity index (χ4n) is 3.98. The quantitative estimate of drug-likeness (QED) is 0.679. The minimum Gasteiger partial charge on any atom is -0.396 e. The van der Waals surface area contributed by atoms with Crippen LogP contribution in [0.2, 0.25) is 0 Å². The van der Waals surface area contributed by atoms with Gasteiger partial charge in [-0.3, -0.25) is 4.79 Å². The van der Waals surface area contributed by atoms with E-state index in [4.69, 9.17) is 4.74 Å². The number of anilines is 2. The lowest BCUT2D eigenvalue weighted by molar-refractivity contribution is 0.0696. The number of aromatic nitrogens is 3. The van der Waals surface area contributed by atoms with Gasteiger partial charge in [-0.05, 0) is 24.5 Å². The summed E-state index contributed by atoms with van der Waals surface area (Å²) in [5, 5.41) is 13.2. The van der Waals surface area contributed by atoms with Crippen LogP contribution in [-0.4, -0.2) is 58.4 Å². The molecule has 1 amide bonds. The van der Waals surface area contributed by atoms with Crippen LogP contribution in [0.4, 0.5) is 11.5 Å². The number of carbonyl (C=O) groups is 1. The third-order valence-electron chi connectivity index (χ3n) is 5.47. The Morgan fingerprint density at radius 1 is 1.28 bits per heavy atom. The number of ether oxygens (including phenoxy) is 1. The number of hydrogen-bond acceptors (Lipinski definition) is 8. The maximum absolute atomic E-state index is 12.7. The van der Waals surface area contributed by atoms with Crippen molar-refractivity contribution in [3.63, 3.8) is 0 Å². The summed E-state index contributed by atoms with van der Waals surface area (Å²) in [6.45, 7) is 2.02. The molecule has 29 heavy (non-hydrogen) atoms. The van der Waals surface area contributed by atoms with E-state index in [9.17, 15) is 9.90 Å². The number of thiazole rings is 1. The van der Waals surface area contributed by atoms with Gasteiger partial charge in [0.05, 0.1) is 6.61 Å². The Hall–Kier alpha value is -2.62. The number of aliphatic hydroxyl groups excluding tert-OH is 1. The van der Waals surface area contributed by atoms with E-state index in [1.807, 2.05) is 24.3 Å². The van der Waals surface area contributed by atoms with Gasteiger partial charge in [-0.1, -0.05) is 29.5 Å². The molecule has 0 saturated carbocycles. The van der Waals surface area contributed by atoms with E-state index in [0.717, 1.165) is 24.1 Å². The summed E-state index contributed by atoms with van der Waals surface area (Å²) in [6, 6.07) is 8.11. The van der Waals surface area contributed by atoms with Crippen LogP contribution < -0.4 is 10.2 Å². The lowest BCUT2D eigenvalue weighted by Crippen LogP contribution is -2.38. The molecule has 150 valence electrons. The molecule has 8 nitrogen and oxygen atoms in total. The molecule has 2 aromatic heterocycles. The maximum atomic E-state index is 12.7. The lowest BCUT2D eigenvalue weighted by atomic mass is 10.0. The Labute approximate surface area is 171 Å². The Morgan fingerprint density at radius 3 is 2.93 bits per heavy atom. The summed E-state index contributed by atoms with van der Waals surface area (Å²) in [5.74, 6) is 0.506. The smallest absolute Gasteiger partial charge is 0.280 e. The van der Waals surface area contributed by atoms with Crippen molar-refractivity contribution in [1.82, 2.24) is 20.3 Å². The van der Waals surface area contributed by atoms with Gasteiger partial charge in [0.2, 0.25) is 0 Å². The number of amides is 1. The highest BCUT2D eigenvalue weighted by Crippen LogP contribution is 2.42. The predicted octanol–water partition coefficient (Wildman–Crippen LogP) is 2.22. The number of aliphatic hydroxyl groups is 1. The van der Waals surface area contributed by atoms with Crippen LogP contribution in [-0.2, 0) is 4.74 Å². The number of para-hydroxylation sites is 1. The largest absolute Gasteiger partial charge is 0.396 e. The molecular formula is C20H21N5O3S. The van der Waals surface area contributed by atoms with Gasteiger partial charge in [-0.15, -0.1) is 0 Å². The Kier molecular flexibility index (Phi) is 4.86. The average Bonchev–Trinajstić information content (AvgIpc) is 3.36. The molecule has 2 N–H and O–H groups in total. The third-order valence-corrected chi connectivity index (χ3v) is 6.44. The topological polar surface area (TPSA) is 100 Å². The molecule has 0 spiro atoms. The molecule has 1 atom stereocenters. The second-order valence-corrected chi connectivity index (χ2v) is 8.26. The highest BCUT2D eigenvalue weighted by atomic mass is 32.1. The first-order chi connectivity index (χ1) is 14.2. The number of nitrogens with one attached hydrogen (secondary N) is 1. The Bertz CT molecular complexity index is 1050. The van der Waals surface area contributed by atoms with E-state index in [1.165, 1.54) is 17.7 Å². The molecular weight excluding hydrogens is 390 g/mol. The number of fused-ring (bicyclic) bond motifs is 2. The van der Waals surface area contributed by atoms with Gasteiger partial charge in [0, 0.05) is 37.4 Å². The normalized spacial score (nSPS) is 19.5. The molecule has 5 rings (SSSR count). The Balaban J connectivity index is 1.48. The Morgan fingerprint density at radius 2 is 2.10 bits per heavy atom. The van der Waals surface area contributed by atoms with Gasteiger partial charge in [-0.2, -0.15) is 0 Å². The van der Waals surface area contributed by atoms with E-state index in [0.29, 0.717) is 40.9 Å². The SMILES string of the molecule is O=C(NC1CCOCC1)c1nc2c(N3CC(CO)c4ccccc43)ncnc2s1. The molecule has 1 saturated heterocycles. The van der Waals surface area contributed by atoms with Crippen molar-refractivity contribution in [3.8, 4) is 0 Å². The van der Waals surface area contributed by atoms with Crippen LogP contribution >= 0.6 is 11.3 Å². The van der Waals surface area contributed by atoms with Crippen LogP contribution in [0.1, 0.15) is 34.1 Å². The first kappa shape index (κ1) is 18.4. The molecule has 2 aliphatic rings. The van der Waals surface area contributed by atoms with Gasteiger partial charge in [-0.25, -0.2) is 15.0 Å². The molecule has 0 radical (unpaired) electrons. The molecule has 1 aromatic carbocycles. The van der Waals surface area contributed by atoms with Gasteiger partial charge < -0.3 is 20.1 Å². The minimum absolute atomic E-state index is 0.0196. The number of nitrogens with zero attached hydrogens (tertiary/aromatic N) is 4. The van der Waals surface area contributed by atoms with E-state index in [1.54, 1.807) is 0 Å². The monoisotopic (exact) mass is 411 g/mol. The molecule has 1 unspecified atom stereocenters. The molecule has 9 heteroatoms.